The molecule has 3 rings (SSSR count). The highest BCUT2D eigenvalue weighted by Gasteiger charge is 2.19. The van der Waals surface area contributed by atoms with Gasteiger partial charge in [-0.15, -0.1) is 21.5 Å². The minimum atomic E-state index is -0.443. The van der Waals surface area contributed by atoms with Crippen LogP contribution in [0.15, 0.2) is 29.4 Å². The van der Waals surface area contributed by atoms with E-state index in [1.807, 2.05) is 50.6 Å². The zero-order chi connectivity index (χ0) is 23.3. The number of thioether (sulfide) groups is 1. The van der Waals surface area contributed by atoms with E-state index in [1.165, 1.54) is 23.1 Å². The predicted octanol–water partition coefficient (Wildman–Crippen LogP) is 4.29. The van der Waals surface area contributed by atoms with Crippen LogP contribution in [-0.2, 0) is 23.2 Å². The summed E-state index contributed by atoms with van der Waals surface area (Å²) in [7, 11) is 1.84. The fourth-order valence-electron chi connectivity index (χ4n) is 2.86. The molecule has 1 aromatic carbocycles. The van der Waals surface area contributed by atoms with E-state index in [9.17, 15) is 9.59 Å². The van der Waals surface area contributed by atoms with E-state index in [0.29, 0.717) is 21.5 Å². The van der Waals surface area contributed by atoms with Crippen LogP contribution in [0, 0.1) is 20.8 Å². The van der Waals surface area contributed by atoms with Crippen LogP contribution in [0.5, 0.6) is 5.75 Å². The zero-order valence-electron chi connectivity index (χ0n) is 18.7. The fourth-order valence-corrected chi connectivity index (χ4v) is 4.51. The van der Waals surface area contributed by atoms with Crippen molar-refractivity contribution in [1.29, 1.82) is 0 Å². The number of aryl methyl sites for hydroxylation is 3. The van der Waals surface area contributed by atoms with Crippen molar-refractivity contribution in [2.75, 3.05) is 17.7 Å². The van der Waals surface area contributed by atoms with Crippen molar-refractivity contribution >= 4 is 40.0 Å². The third-order valence-corrected chi connectivity index (χ3v) is 6.55. The van der Waals surface area contributed by atoms with E-state index in [2.05, 4.69) is 15.5 Å². The third-order valence-electron chi connectivity index (χ3n) is 4.56. The zero-order valence-corrected chi connectivity index (χ0v) is 20.4. The second kappa shape index (κ2) is 10.6. The summed E-state index contributed by atoms with van der Waals surface area (Å²) in [5, 5.41) is 12.2. The molecule has 8 nitrogen and oxygen atoms in total. The van der Waals surface area contributed by atoms with Crippen molar-refractivity contribution in [3.63, 3.8) is 0 Å². The molecular weight excluding hydrogens is 448 g/mol. The molecule has 10 heteroatoms. The number of rotatable bonds is 9. The predicted molar refractivity (Wildman–Crippen MR) is 126 cm³/mol. The Kier molecular flexibility index (Phi) is 7.92. The number of hydrogen-bond donors (Lipinski definition) is 1. The Balaban J connectivity index is 1.58. The van der Waals surface area contributed by atoms with Gasteiger partial charge in [-0.3, -0.25) is 4.79 Å². The quantitative estimate of drug-likeness (QED) is 0.365. The number of carbonyl (C=O) groups excluding carboxylic acids is 2. The first-order valence-electron chi connectivity index (χ1n) is 10.1. The van der Waals surface area contributed by atoms with Crippen molar-refractivity contribution in [2.45, 2.75) is 39.5 Å². The van der Waals surface area contributed by atoms with E-state index in [1.54, 1.807) is 13.0 Å². The normalized spacial score (nSPS) is 10.8. The summed E-state index contributed by atoms with van der Waals surface area (Å²) in [5.41, 5.74) is 2.55. The van der Waals surface area contributed by atoms with Crippen LogP contribution in [0.25, 0.3) is 0 Å². The molecule has 0 saturated carbocycles. The Morgan fingerprint density at radius 3 is 2.72 bits per heavy atom. The largest absolute Gasteiger partial charge is 0.485 e. The number of anilines is 1. The summed E-state index contributed by atoms with van der Waals surface area (Å²) in [5.74, 6) is 0.918. The molecule has 0 aliphatic heterocycles. The van der Waals surface area contributed by atoms with Crippen molar-refractivity contribution in [1.82, 2.24) is 14.8 Å². The first-order chi connectivity index (χ1) is 15.3. The second-order valence-electron chi connectivity index (χ2n) is 7.17. The van der Waals surface area contributed by atoms with Crippen LogP contribution in [-0.4, -0.2) is 39.0 Å². The molecule has 3 aromatic rings. The molecule has 0 bridgehead atoms. The number of amides is 1. The average molecular weight is 475 g/mol. The van der Waals surface area contributed by atoms with Crippen molar-refractivity contribution in [3.05, 3.63) is 51.7 Å². The molecule has 0 aliphatic carbocycles. The number of hydrogen-bond acceptors (Lipinski definition) is 8. The van der Waals surface area contributed by atoms with Crippen molar-refractivity contribution < 1.29 is 19.1 Å². The number of carbonyl (C=O) groups is 2. The van der Waals surface area contributed by atoms with E-state index in [0.717, 1.165) is 21.8 Å². The van der Waals surface area contributed by atoms with Gasteiger partial charge in [0.25, 0.3) is 0 Å². The topological polar surface area (TPSA) is 95.3 Å². The van der Waals surface area contributed by atoms with Crippen LogP contribution in [0.4, 0.5) is 5.00 Å². The highest BCUT2D eigenvalue weighted by Crippen LogP contribution is 2.29. The van der Waals surface area contributed by atoms with Gasteiger partial charge >= 0.3 is 5.97 Å². The minimum Gasteiger partial charge on any atom is -0.485 e. The summed E-state index contributed by atoms with van der Waals surface area (Å²) in [6, 6.07) is 7.76. The van der Waals surface area contributed by atoms with E-state index in [-0.39, 0.29) is 24.9 Å². The van der Waals surface area contributed by atoms with Gasteiger partial charge in [0.1, 0.15) is 17.4 Å². The second-order valence-corrected chi connectivity index (χ2v) is 9.37. The highest BCUT2D eigenvalue weighted by atomic mass is 32.2. The van der Waals surface area contributed by atoms with Crippen LogP contribution >= 0.6 is 23.1 Å². The lowest BCUT2D eigenvalue weighted by molar-refractivity contribution is -0.113. The number of nitrogens with one attached hydrogen (secondary N) is 1. The van der Waals surface area contributed by atoms with Gasteiger partial charge in [0.2, 0.25) is 5.91 Å². The first-order valence-corrected chi connectivity index (χ1v) is 11.9. The fraction of sp³-hybridized carbons (Fsp3) is 0.364. The lowest BCUT2D eigenvalue weighted by Gasteiger charge is -2.10. The van der Waals surface area contributed by atoms with Crippen molar-refractivity contribution in [2.24, 2.45) is 7.05 Å². The molecule has 0 fully saturated rings. The summed E-state index contributed by atoms with van der Waals surface area (Å²) in [4.78, 5) is 25.5. The number of benzene rings is 1. The standard InChI is InChI=1S/C22H26N4O4S2/c1-6-29-21(28)16-10-15(4)32-20(16)23-19(27)12-31-22-25-24-18(26(22)5)11-30-17-9-13(2)7-8-14(17)3/h7-10H,6,11-12H2,1-5H3,(H,23,27). The van der Waals surface area contributed by atoms with Crippen LogP contribution < -0.4 is 10.1 Å². The first kappa shape index (κ1) is 23.8. The maximum Gasteiger partial charge on any atom is 0.341 e. The molecular formula is C22H26N4O4S2. The summed E-state index contributed by atoms with van der Waals surface area (Å²) >= 11 is 2.60. The van der Waals surface area contributed by atoms with Gasteiger partial charge in [-0.05, 0) is 51.0 Å². The molecule has 2 aromatic heterocycles. The lowest BCUT2D eigenvalue weighted by atomic mass is 10.1. The highest BCUT2D eigenvalue weighted by molar-refractivity contribution is 7.99. The molecule has 0 aliphatic rings. The van der Waals surface area contributed by atoms with Gasteiger partial charge in [0.15, 0.2) is 11.0 Å². The van der Waals surface area contributed by atoms with Gasteiger partial charge < -0.3 is 19.4 Å². The van der Waals surface area contributed by atoms with E-state index in [4.69, 9.17) is 9.47 Å². The number of aromatic nitrogens is 3. The van der Waals surface area contributed by atoms with Gasteiger partial charge in [0.05, 0.1) is 17.9 Å². The summed E-state index contributed by atoms with van der Waals surface area (Å²) in [6.07, 6.45) is 0. The van der Waals surface area contributed by atoms with E-state index < -0.39 is 5.97 Å². The summed E-state index contributed by atoms with van der Waals surface area (Å²) in [6.45, 7) is 8.18. The SMILES string of the molecule is CCOC(=O)c1cc(C)sc1NC(=O)CSc1nnc(COc2cc(C)ccc2C)n1C. The van der Waals surface area contributed by atoms with Gasteiger partial charge in [-0.25, -0.2) is 4.79 Å². The maximum absolute atomic E-state index is 12.5. The van der Waals surface area contributed by atoms with Gasteiger partial charge in [-0.1, -0.05) is 23.9 Å². The van der Waals surface area contributed by atoms with Crippen LogP contribution in [0.3, 0.4) is 0 Å². The minimum absolute atomic E-state index is 0.128. The Morgan fingerprint density at radius 1 is 1.19 bits per heavy atom. The monoisotopic (exact) mass is 474 g/mol. The van der Waals surface area contributed by atoms with Crippen molar-refractivity contribution in [3.8, 4) is 5.75 Å². The molecule has 32 heavy (non-hydrogen) atoms. The number of nitrogens with zero attached hydrogens (tertiary/aromatic N) is 3. The van der Waals surface area contributed by atoms with Gasteiger partial charge in [-0.2, -0.15) is 0 Å². The average Bonchev–Trinajstić information content (AvgIpc) is 3.29. The molecule has 170 valence electrons. The molecule has 1 N–H and O–H groups in total. The molecule has 0 radical (unpaired) electrons. The molecule has 1 amide bonds. The Labute approximate surface area is 195 Å². The molecule has 2 heterocycles. The van der Waals surface area contributed by atoms with Crippen LogP contribution in [0.1, 0.15) is 39.1 Å². The van der Waals surface area contributed by atoms with E-state index >= 15 is 0 Å². The Hall–Kier alpha value is -2.85. The van der Waals surface area contributed by atoms with Gasteiger partial charge in [0, 0.05) is 11.9 Å². The number of thiophene rings is 1. The lowest BCUT2D eigenvalue weighted by Crippen LogP contribution is -2.16. The molecule has 0 unspecified atom stereocenters. The molecule has 0 spiro atoms. The Morgan fingerprint density at radius 2 is 1.97 bits per heavy atom. The Bertz CT molecular complexity index is 1120. The third kappa shape index (κ3) is 5.89. The smallest absolute Gasteiger partial charge is 0.341 e. The molecule has 0 atom stereocenters. The molecule has 0 saturated heterocycles. The summed E-state index contributed by atoms with van der Waals surface area (Å²) < 4.78 is 12.8. The van der Waals surface area contributed by atoms with Crippen LogP contribution in [0.2, 0.25) is 0 Å². The maximum atomic E-state index is 12.5. The number of ether oxygens (including phenoxy) is 2. The number of esters is 1.